The maximum absolute atomic E-state index is 5.72. The molecule has 17 heavy (non-hydrogen) atoms. The number of aryl methyl sites for hydroxylation is 1. The Labute approximate surface area is 115 Å². The lowest BCUT2D eigenvalue weighted by Gasteiger charge is -2.10. The molecule has 0 aliphatic carbocycles. The fourth-order valence-electron chi connectivity index (χ4n) is 1.57. The van der Waals surface area contributed by atoms with Crippen molar-refractivity contribution in [1.29, 1.82) is 0 Å². The van der Waals surface area contributed by atoms with Crippen LogP contribution in [0.25, 0.3) is 0 Å². The van der Waals surface area contributed by atoms with Crippen molar-refractivity contribution in [1.82, 2.24) is 4.98 Å². The van der Waals surface area contributed by atoms with E-state index in [1.54, 1.807) is 0 Å². The first-order valence-electron chi connectivity index (χ1n) is 5.35. The van der Waals surface area contributed by atoms with Crippen LogP contribution in [0.5, 0.6) is 0 Å². The molecule has 1 aromatic carbocycles. The minimum Gasteiger partial charge on any atom is -0.399 e. The van der Waals surface area contributed by atoms with Gasteiger partial charge < -0.3 is 11.1 Å². The van der Waals surface area contributed by atoms with Crippen molar-refractivity contribution in [2.75, 3.05) is 11.1 Å². The van der Waals surface area contributed by atoms with E-state index in [0.717, 1.165) is 21.5 Å². The highest BCUT2D eigenvalue weighted by atomic mass is 127. The minimum atomic E-state index is 0.792. The topological polar surface area (TPSA) is 50.9 Å². The fourth-order valence-corrected chi connectivity index (χ4v) is 2.30. The number of pyridine rings is 1. The van der Waals surface area contributed by atoms with Crippen molar-refractivity contribution in [3.8, 4) is 0 Å². The third-order valence-electron chi connectivity index (χ3n) is 2.60. The van der Waals surface area contributed by atoms with Gasteiger partial charge in [0, 0.05) is 33.9 Å². The second-order valence-corrected chi connectivity index (χ2v) is 5.06. The summed E-state index contributed by atoms with van der Waals surface area (Å²) in [6, 6.07) is 7.91. The standard InChI is InChI=1S/C13H14IN3/c1-9-7-16-5-4-10(9)8-17-13-3-2-11(15)6-12(13)14/h2-7,17H,8,15H2,1H3. The van der Waals surface area contributed by atoms with E-state index in [1.807, 2.05) is 36.7 Å². The van der Waals surface area contributed by atoms with Crippen molar-refractivity contribution in [3.63, 3.8) is 0 Å². The Hall–Kier alpha value is -1.30. The number of nitrogens with zero attached hydrogens (tertiary/aromatic N) is 1. The summed E-state index contributed by atoms with van der Waals surface area (Å²) in [7, 11) is 0. The van der Waals surface area contributed by atoms with Gasteiger partial charge in [-0.15, -0.1) is 0 Å². The maximum atomic E-state index is 5.72. The summed E-state index contributed by atoms with van der Waals surface area (Å²) in [4.78, 5) is 4.08. The third kappa shape index (κ3) is 3.09. The van der Waals surface area contributed by atoms with Gasteiger partial charge in [0.25, 0.3) is 0 Å². The molecule has 0 bridgehead atoms. The van der Waals surface area contributed by atoms with Crippen LogP contribution in [-0.4, -0.2) is 4.98 Å². The van der Waals surface area contributed by atoms with Crippen LogP contribution in [0.2, 0.25) is 0 Å². The van der Waals surface area contributed by atoms with Crippen LogP contribution < -0.4 is 11.1 Å². The highest BCUT2D eigenvalue weighted by Gasteiger charge is 2.01. The van der Waals surface area contributed by atoms with Gasteiger partial charge in [-0.1, -0.05) is 0 Å². The van der Waals surface area contributed by atoms with E-state index in [1.165, 1.54) is 11.1 Å². The predicted molar refractivity (Wildman–Crippen MR) is 79.9 cm³/mol. The van der Waals surface area contributed by atoms with Crippen LogP contribution in [0.3, 0.4) is 0 Å². The zero-order valence-corrected chi connectivity index (χ0v) is 11.7. The second-order valence-electron chi connectivity index (χ2n) is 3.89. The predicted octanol–water partition coefficient (Wildman–Crippen LogP) is 3.19. The zero-order chi connectivity index (χ0) is 12.3. The van der Waals surface area contributed by atoms with Crippen LogP contribution in [0.15, 0.2) is 36.7 Å². The van der Waals surface area contributed by atoms with E-state index >= 15 is 0 Å². The first kappa shape index (κ1) is 12.2. The monoisotopic (exact) mass is 339 g/mol. The van der Waals surface area contributed by atoms with Gasteiger partial charge in [-0.25, -0.2) is 0 Å². The number of anilines is 2. The molecule has 2 aromatic rings. The van der Waals surface area contributed by atoms with E-state index < -0.39 is 0 Å². The molecule has 1 aromatic heterocycles. The molecule has 0 spiro atoms. The second kappa shape index (κ2) is 5.35. The maximum Gasteiger partial charge on any atom is 0.0480 e. The molecule has 0 atom stereocenters. The molecule has 0 aliphatic rings. The summed E-state index contributed by atoms with van der Waals surface area (Å²) in [5.74, 6) is 0. The van der Waals surface area contributed by atoms with Crippen molar-refractivity contribution in [2.45, 2.75) is 13.5 Å². The zero-order valence-electron chi connectivity index (χ0n) is 9.57. The lowest BCUT2D eigenvalue weighted by molar-refractivity contribution is 1.09. The van der Waals surface area contributed by atoms with Gasteiger partial charge in [-0.2, -0.15) is 0 Å². The summed E-state index contributed by atoms with van der Waals surface area (Å²) in [5.41, 5.74) is 10.1. The van der Waals surface area contributed by atoms with Gasteiger partial charge in [0.15, 0.2) is 0 Å². The van der Waals surface area contributed by atoms with Gasteiger partial charge in [-0.05, 0) is 64.9 Å². The molecule has 3 N–H and O–H groups in total. The summed E-state index contributed by atoms with van der Waals surface area (Å²) >= 11 is 2.28. The van der Waals surface area contributed by atoms with Gasteiger partial charge in [0.1, 0.15) is 0 Å². The SMILES string of the molecule is Cc1cnccc1CNc1ccc(N)cc1I. The van der Waals surface area contributed by atoms with Crippen LogP contribution in [0.1, 0.15) is 11.1 Å². The number of nitrogens with two attached hydrogens (primary N) is 1. The molecule has 0 radical (unpaired) electrons. The number of aromatic nitrogens is 1. The number of hydrogen-bond donors (Lipinski definition) is 2. The van der Waals surface area contributed by atoms with Crippen molar-refractivity contribution >= 4 is 34.0 Å². The van der Waals surface area contributed by atoms with Crippen LogP contribution in [-0.2, 0) is 6.54 Å². The molecule has 0 aliphatic heterocycles. The Balaban J connectivity index is 2.10. The Morgan fingerprint density at radius 1 is 1.35 bits per heavy atom. The highest BCUT2D eigenvalue weighted by molar-refractivity contribution is 14.1. The van der Waals surface area contributed by atoms with Gasteiger partial charge in [-0.3, -0.25) is 4.98 Å². The normalized spacial score (nSPS) is 10.2. The Morgan fingerprint density at radius 3 is 2.88 bits per heavy atom. The largest absolute Gasteiger partial charge is 0.399 e. The van der Waals surface area contributed by atoms with Gasteiger partial charge in [0.05, 0.1) is 0 Å². The summed E-state index contributed by atoms with van der Waals surface area (Å²) in [5, 5.41) is 3.41. The molecular formula is C13H14IN3. The molecule has 1 heterocycles. The van der Waals surface area contributed by atoms with E-state index in [4.69, 9.17) is 5.73 Å². The quantitative estimate of drug-likeness (QED) is 0.667. The average Bonchev–Trinajstić information content (AvgIpc) is 2.30. The first-order chi connectivity index (χ1) is 8.16. The minimum absolute atomic E-state index is 0.792. The summed E-state index contributed by atoms with van der Waals surface area (Å²) in [6.07, 6.45) is 3.70. The first-order valence-corrected chi connectivity index (χ1v) is 6.43. The van der Waals surface area contributed by atoms with Gasteiger partial charge >= 0.3 is 0 Å². The Bertz CT molecular complexity index is 526. The molecule has 0 unspecified atom stereocenters. The van der Waals surface area contributed by atoms with E-state index in [9.17, 15) is 0 Å². The van der Waals surface area contributed by atoms with Crippen LogP contribution in [0, 0.1) is 10.5 Å². The molecule has 0 fully saturated rings. The third-order valence-corrected chi connectivity index (χ3v) is 3.49. The van der Waals surface area contributed by atoms with Crippen molar-refractivity contribution in [3.05, 3.63) is 51.4 Å². The number of hydrogen-bond acceptors (Lipinski definition) is 3. The number of rotatable bonds is 3. The average molecular weight is 339 g/mol. The van der Waals surface area contributed by atoms with E-state index in [-0.39, 0.29) is 0 Å². The van der Waals surface area contributed by atoms with E-state index in [0.29, 0.717) is 0 Å². The summed E-state index contributed by atoms with van der Waals surface area (Å²) < 4.78 is 1.13. The summed E-state index contributed by atoms with van der Waals surface area (Å²) in [6.45, 7) is 2.87. The number of nitrogens with one attached hydrogen (secondary N) is 1. The lowest BCUT2D eigenvalue weighted by atomic mass is 10.1. The molecule has 0 amide bonds. The van der Waals surface area contributed by atoms with Crippen LogP contribution in [0.4, 0.5) is 11.4 Å². The van der Waals surface area contributed by atoms with E-state index in [2.05, 4.69) is 39.8 Å². The molecule has 4 heteroatoms. The Kier molecular flexibility index (Phi) is 3.83. The fraction of sp³-hybridized carbons (Fsp3) is 0.154. The van der Waals surface area contributed by atoms with Crippen LogP contribution >= 0.6 is 22.6 Å². The van der Waals surface area contributed by atoms with Crippen molar-refractivity contribution < 1.29 is 0 Å². The molecular weight excluding hydrogens is 325 g/mol. The van der Waals surface area contributed by atoms with Gasteiger partial charge in [0.2, 0.25) is 0 Å². The molecule has 3 nitrogen and oxygen atoms in total. The molecule has 2 rings (SSSR count). The molecule has 0 saturated carbocycles. The molecule has 88 valence electrons. The number of benzene rings is 1. The number of halogens is 1. The smallest absolute Gasteiger partial charge is 0.0480 e. The van der Waals surface area contributed by atoms with Crippen molar-refractivity contribution in [2.24, 2.45) is 0 Å². The lowest BCUT2D eigenvalue weighted by Crippen LogP contribution is -2.03. The highest BCUT2D eigenvalue weighted by Crippen LogP contribution is 2.21. The Morgan fingerprint density at radius 2 is 2.18 bits per heavy atom. The molecule has 0 saturated heterocycles. The number of nitrogen functional groups attached to an aromatic ring is 1.